The standard InChI is InChI=1S/C10H14F2N4O2/c11-8(12)6-16(3-4-17)10(18)7-1-2-9(15-13)14-5-7/h1-2,5,8,17H,3-4,6,13H2,(H,14,15). The number of hydrogen-bond acceptors (Lipinski definition) is 5. The Morgan fingerprint density at radius 2 is 2.28 bits per heavy atom. The van der Waals surface area contributed by atoms with Crippen molar-refractivity contribution in [3.8, 4) is 0 Å². The van der Waals surface area contributed by atoms with E-state index in [2.05, 4.69) is 10.4 Å². The average Bonchev–Trinajstić information content (AvgIpc) is 2.37. The summed E-state index contributed by atoms with van der Waals surface area (Å²) in [4.78, 5) is 16.5. The predicted molar refractivity (Wildman–Crippen MR) is 61.0 cm³/mol. The van der Waals surface area contributed by atoms with E-state index in [1.165, 1.54) is 18.3 Å². The Balaban J connectivity index is 2.80. The first-order valence-electron chi connectivity index (χ1n) is 5.19. The largest absolute Gasteiger partial charge is 0.395 e. The summed E-state index contributed by atoms with van der Waals surface area (Å²) in [5, 5.41) is 8.75. The normalized spacial score (nSPS) is 10.5. The average molecular weight is 260 g/mol. The van der Waals surface area contributed by atoms with Gasteiger partial charge in [0, 0.05) is 12.7 Å². The zero-order chi connectivity index (χ0) is 13.5. The van der Waals surface area contributed by atoms with Crippen molar-refractivity contribution in [1.82, 2.24) is 9.88 Å². The molecule has 100 valence electrons. The molecule has 18 heavy (non-hydrogen) atoms. The Kier molecular flexibility index (Phi) is 5.40. The van der Waals surface area contributed by atoms with Crippen molar-refractivity contribution >= 4 is 11.7 Å². The number of rotatable bonds is 6. The minimum absolute atomic E-state index is 0.153. The number of alkyl halides is 2. The van der Waals surface area contributed by atoms with E-state index in [9.17, 15) is 13.6 Å². The summed E-state index contributed by atoms with van der Waals surface area (Å²) >= 11 is 0. The number of hydrogen-bond donors (Lipinski definition) is 3. The van der Waals surface area contributed by atoms with E-state index in [0.29, 0.717) is 5.82 Å². The second-order valence-corrected chi connectivity index (χ2v) is 3.44. The maximum absolute atomic E-state index is 12.3. The lowest BCUT2D eigenvalue weighted by molar-refractivity contribution is 0.0509. The molecule has 0 aliphatic rings. The Morgan fingerprint density at radius 1 is 1.56 bits per heavy atom. The first kappa shape index (κ1) is 14.3. The van der Waals surface area contributed by atoms with Crippen molar-refractivity contribution < 1.29 is 18.7 Å². The van der Waals surface area contributed by atoms with Gasteiger partial charge >= 0.3 is 0 Å². The molecule has 0 atom stereocenters. The fraction of sp³-hybridized carbons (Fsp3) is 0.400. The van der Waals surface area contributed by atoms with Crippen LogP contribution in [0.25, 0.3) is 0 Å². The van der Waals surface area contributed by atoms with E-state index in [1.54, 1.807) is 0 Å². The minimum atomic E-state index is -2.65. The number of nitrogen functional groups attached to an aromatic ring is 1. The van der Waals surface area contributed by atoms with Crippen LogP contribution in [-0.2, 0) is 0 Å². The van der Waals surface area contributed by atoms with Gasteiger partial charge < -0.3 is 15.4 Å². The van der Waals surface area contributed by atoms with Crippen molar-refractivity contribution in [1.29, 1.82) is 0 Å². The van der Waals surface area contributed by atoms with E-state index in [1.807, 2.05) is 0 Å². The lowest BCUT2D eigenvalue weighted by atomic mass is 10.2. The summed E-state index contributed by atoms with van der Waals surface area (Å²) in [6, 6.07) is 2.87. The molecule has 1 heterocycles. The van der Waals surface area contributed by atoms with Crippen molar-refractivity contribution in [2.24, 2.45) is 5.84 Å². The molecule has 0 aromatic carbocycles. The number of carbonyl (C=O) groups excluding carboxylic acids is 1. The van der Waals surface area contributed by atoms with Gasteiger partial charge in [-0.3, -0.25) is 4.79 Å². The summed E-state index contributed by atoms with van der Waals surface area (Å²) in [5.74, 6) is 4.85. The van der Waals surface area contributed by atoms with Crippen LogP contribution in [0.1, 0.15) is 10.4 Å². The Hall–Kier alpha value is -1.80. The predicted octanol–water partition coefficient (Wildman–Crippen LogP) is 0.0668. The third-order valence-electron chi connectivity index (χ3n) is 2.17. The summed E-state index contributed by atoms with van der Waals surface area (Å²) in [6.07, 6.45) is -1.42. The fourth-order valence-corrected chi connectivity index (χ4v) is 1.35. The number of aliphatic hydroxyl groups is 1. The molecule has 1 aromatic heterocycles. The molecule has 0 aliphatic heterocycles. The highest BCUT2D eigenvalue weighted by Gasteiger charge is 2.19. The third kappa shape index (κ3) is 3.90. The van der Waals surface area contributed by atoms with Crippen LogP contribution in [0.15, 0.2) is 18.3 Å². The molecule has 0 fully saturated rings. The van der Waals surface area contributed by atoms with Crippen LogP contribution < -0.4 is 11.3 Å². The van der Waals surface area contributed by atoms with E-state index in [-0.39, 0.29) is 18.7 Å². The van der Waals surface area contributed by atoms with E-state index in [4.69, 9.17) is 10.9 Å². The molecule has 0 radical (unpaired) electrons. The number of nitrogens with two attached hydrogens (primary N) is 1. The van der Waals surface area contributed by atoms with E-state index in [0.717, 1.165) is 4.90 Å². The quantitative estimate of drug-likeness (QED) is 0.497. The molecule has 4 N–H and O–H groups in total. The second-order valence-electron chi connectivity index (χ2n) is 3.44. The molecule has 6 nitrogen and oxygen atoms in total. The summed E-state index contributed by atoms with van der Waals surface area (Å²) in [7, 11) is 0. The van der Waals surface area contributed by atoms with Crippen molar-refractivity contribution in [2.45, 2.75) is 6.43 Å². The molecule has 0 bridgehead atoms. The number of anilines is 1. The highest BCUT2D eigenvalue weighted by Crippen LogP contribution is 2.08. The Bertz CT molecular complexity index is 386. The van der Waals surface area contributed by atoms with Gasteiger partial charge in [0.15, 0.2) is 0 Å². The van der Waals surface area contributed by atoms with Crippen molar-refractivity contribution in [3.05, 3.63) is 23.9 Å². The number of hydrazine groups is 1. The molecule has 0 aliphatic carbocycles. The highest BCUT2D eigenvalue weighted by molar-refractivity contribution is 5.94. The third-order valence-corrected chi connectivity index (χ3v) is 2.17. The van der Waals surface area contributed by atoms with Crippen LogP contribution in [0.3, 0.4) is 0 Å². The van der Waals surface area contributed by atoms with Gasteiger partial charge in [0.25, 0.3) is 12.3 Å². The number of nitrogens with zero attached hydrogens (tertiary/aromatic N) is 2. The molecular formula is C10H14F2N4O2. The summed E-state index contributed by atoms with van der Waals surface area (Å²) < 4.78 is 24.6. The van der Waals surface area contributed by atoms with Crippen molar-refractivity contribution in [3.63, 3.8) is 0 Å². The Labute approximate surface area is 102 Å². The maximum atomic E-state index is 12.3. The highest BCUT2D eigenvalue weighted by atomic mass is 19.3. The fourth-order valence-electron chi connectivity index (χ4n) is 1.35. The van der Waals surface area contributed by atoms with Crippen LogP contribution in [0.5, 0.6) is 0 Å². The molecule has 0 saturated heterocycles. The summed E-state index contributed by atoms with van der Waals surface area (Å²) in [5.41, 5.74) is 2.44. The number of amides is 1. The summed E-state index contributed by atoms with van der Waals surface area (Å²) in [6.45, 7) is -1.26. The number of pyridine rings is 1. The molecule has 0 saturated carbocycles. The van der Waals surface area contributed by atoms with Gasteiger partial charge in [-0.05, 0) is 12.1 Å². The SMILES string of the molecule is NNc1ccc(C(=O)N(CCO)CC(F)F)cn1. The van der Waals surface area contributed by atoms with Gasteiger partial charge in [0.1, 0.15) is 5.82 Å². The van der Waals surface area contributed by atoms with Crippen LogP contribution >= 0.6 is 0 Å². The zero-order valence-corrected chi connectivity index (χ0v) is 9.51. The van der Waals surface area contributed by atoms with Gasteiger partial charge in [-0.1, -0.05) is 0 Å². The monoisotopic (exact) mass is 260 g/mol. The van der Waals surface area contributed by atoms with Gasteiger partial charge in [-0.15, -0.1) is 0 Å². The lowest BCUT2D eigenvalue weighted by Crippen LogP contribution is -2.37. The minimum Gasteiger partial charge on any atom is -0.395 e. The van der Waals surface area contributed by atoms with E-state index >= 15 is 0 Å². The molecule has 1 aromatic rings. The number of aliphatic hydroxyl groups excluding tert-OH is 1. The molecule has 1 amide bonds. The topological polar surface area (TPSA) is 91.5 Å². The zero-order valence-electron chi connectivity index (χ0n) is 9.51. The van der Waals surface area contributed by atoms with Gasteiger partial charge in [0.2, 0.25) is 0 Å². The Morgan fingerprint density at radius 3 is 2.72 bits per heavy atom. The van der Waals surface area contributed by atoms with Crippen molar-refractivity contribution in [2.75, 3.05) is 25.1 Å². The van der Waals surface area contributed by atoms with Crippen LogP contribution in [0, 0.1) is 0 Å². The second kappa shape index (κ2) is 6.82. The van der Waals surface area contributed by atoms with Gasteiger partial charge in [0.05, 0.1) is 18.7 Å². The molecule has 0 spiro atoms. The first-order valence-corrected chi connectivity index (χ1v) is 5.19. The van der Waals surface area contributed by atoms with E-state index < -0.39 is 18.9 Å². The van der Waals surface area contributed by atoms with Gasteiger partial charge in [-0.2, -0.15) is 0 Å². The van der Waals surface area contributed by atoms with Gasteiger partial charge in [-0.25, -0.2) is 19.6 Å². The van der Waals surface area contributed by atoms with Crippen LogP contribution in [0.2, 0.25) is 0 Å². The first-order chi connectivity index (χ1) is 8.58. The molecular weight excluding hydrogens is 246 g/mol. The molecule has 0 unspecified atom stereocenters. The van der Waals surface area contributed by atoms with Crippen LogP contribution in [0.4, 0.5) is 14.6 Å². The molecule has 1 rings (SSSR count). The smallest absolute Gasteiger partial charge is 0.255 e. The molecule has 8 heteroatoms. The number of carbonyl (C=O) groups is 1. The lowest BCUT2D eigenvalue weighted by Gasteiger charge is -2.21. The number of nitrogens with one attached hydrogen (secondary N) is 1. The van der Waals surface area contributed by atoms with Crippen LogP contribution in [-0.4, -0.2) is 47.0 Å². The maximum Gasteiger partial charge on any atom is 0.255 e. The number of halogens is 2. The number of aromatic nitrogens is 1.